The zero-order valence-corrected chi connectivity index (χ0v) is 10.8. The Hall–Kier alpha value is -0.640. The Kier molecular flexibility index (Phi) is 3.94. The molecule has 1 aromatic rings. The molecule has 0 aromatic carbocycles. The Bertz CT molecular complexity index is 362. The number of hydrogen-bond acceptors (Lipinski definition) is 3. The fourth-order valence-electron chi connectivity index (χ4n) is 1.51. The minimum absolute atomic E-state index is 0.204. The summed E-state index contributed by atoms with van der Waals surface area (Å²) in [5.41, 5.74) is 5.30. The summed E-state index contributed by atoms with van der Waals surface area (Å²) < 4.78 is 0. The Labute approximate surface area is 102 Å². The summed E-state index contributed by atoms with van der Waals surface area (Å²) in [5.74, 6) is 0. The van der Waals surface area contributed by atoms with E-state index in [1.165, 1.54) is 0 Å². The van der Waals surface area contributed by atoms with Gasteiger partial charge in [0.05, 0.1) is 10.6 Å². The van der Waals surface area contributed by atoms with Gasteiger partial charge in [-0.05, 0) is 17.0 Å². The Balaban J connectivity index is 2.99. The van der Waals surface area contributed by atoms with E-state index >= 15 is 0 Å². The van der Waals surface area contributed by atoms with Gasteiger partial charge in [0.25, 0.3) is 0 Å². The van der Waals surface area contributed by atoms with Crippen molar-refractivity contribution in [1.29, 1.82) is 0 Å². The molecule has 0 spiro atoms. The standard InChI is InChI=1S/C12H19ClN2O/c1-11(2,3)12(16,8-14)6-9-4-5-15-7-10(9)13/h4-5,7,16H,6,8,14H2,1-3H3. The molecule has 0 aliphatic rings. The minimum atomic E-state index is -0.960. The average molecular weight is 243 g/mol. The number of halogens is 1. The maximum atomic E-state index is 10.5. The van der Waals surface area contributed by atoms with E-state index in [9.17, 15) is 5.11 Å². The van der Waals surface area contributed by atoms with Gasteiger partial charge in [-0.1, -0.05) is 32.4 Å². The third-order valence-corrected chi connectivity index (χ3v) is 3.41. The van der Waals surface area contributed by atoms with E-state index in [1.807, 2.05) is 26.8 Å². The third-order valence-electron chi connectivity index (χ3n) is 3.07. The third kappa shape index (κ3) is 2.73. The zero-order chi connectivity index (χ0) is 12.4. The van der Waals surface area contributed by atoms with Crippen LogP contribution in [0.15, 0.2) is 18.5 Å². The van der Waals surface area contributed by atoms with Gasteiger partial charge in [0.1, 0.15) is 0 Å². The molecular weight excluding hydrogens is 224 g/mol. The van der Waals surface area contributed by atoms with Crippen LogP contribution in [0.5, 0.6) is 0 Å². The highest BCUT2D eigenvalue weighted by Crippen LogP contribution is 2.33. The molecule has 0 bridgehead atoms. The van der Waals surface area contributed by atoms with Crippen LogP contribution in [0.1, 0.15) is 26.3 Å². The van der Waals surface area contributed by atoms with Crippen molar-refractivity contribution in [3.63, 3.8) is 0 Å². The van der Waals surface area contributed by atoms with Crippen molar-refractivity contribution >= 4 is 11.6 Å². The molecule has 0 aliphatic heterocycles. The van der Waals surface area contributed by atoms with Crippen LogP contribution in [-0.2, 0) is 6.42 Å². The predicted molar refractivity (Wildman–Crippen MR) is 66.4 cm³/mol. The number of aliphatic hydroxyl groups is 1. The van der Waals surface area contributed by atoms with Crippen molar-refractivity contribution < 1.29 is 5.11 Å². The van der Waals surface area contributed by atoms with Gasteiger partial charge in [-0.2, -0.15) is 0 Å². The lowest BCUT2D eigenvalue weighted by molar-refractivity contribution is -0.0490. The number of pyridine rings is 1. The first kappa shape index (κ1) is 13.4. The second-order valence-corrected chi connectivity index (χ2v) is 5.54. The van der Waals surface area contributed by atoms with Crippen LogP contribution in [0.4, 0.5) is 0 Å². The molecule has 1 atom stereocenters. The van der Waals surface area contributed by atoms with Crippen LogP contribution < -0.4 is 5.73 Å². The molecule has 0 amide bonds. The van der Waals surface area contributed by atoms with Crippen molar-refractivity contribution in [3.8, 4) is 0 Å². The number of aromatic nitrogens is 1. The molecule has 0 saturated heterocycles. The van der Waals surface area contributed by atoms with Crippen molar-refractivity contribution in [2.75, 3.05) is 6.54 Å². The highest BCUT2D eigenvalue weighted by molar-refractivity contribution is 6.31. The smallest absolute Gasteiger partial charge is 0.0857 e. The fraction of sp³-hybridized carbons (Fsp3) is 0.583. The van der Waals surface area contributed by atoms with E-state index in [4.69, 9.17) is 17.3 Å². The summed E-state index contributed by atoms with van der Waals surface area (Å²) >= 11 is 6.02. The maximum Gasteiger partial charge on any atom is 0.0857 e. The van der Waals surface area contributed by atoms with E-state index < -0.39 is 5.60 Å². The summed E-state index contributed by atoms with van der Waals surface area (Å²) in [6.07, 6.45) is 3.69. The molecule has 1 rings (SSSR count). The van der Waals surface area contributed by atoms with Crippen LogP contribution >= 0.6 is 11.6 Å². The molecular formula is C12H19ClN2O. The lowest BCUT2D eigenvalue weighted by atomic mass is 9.73. The normalized spacial score (nSPS) is 15.9. The molecule has 3 N–H and O–H groups in total. The van der Waals surface area contributed by atoms with Gasteiger partial charge in [-0.25, -0.2) is 0 Å². The highest BCUT2D eigenvalue weighted by atomic mass is 35.5. The first-order valence-electron chi connectivity index (χ1n) is 5.31. The summed E-state index contributed by atoms with van der Waals surface area (Å²) in [4.78, 5) is 3.92. The van der Waals surface area contributed by atoms with Gasteiger partial charge >= 0.3 is 0 Å². The second-order valence-electron chi connectivity index (χ2n) is 5.13. The molecule has 1 heterocycles. The van der Waals surface area contributed by atoms with E-state index in [2.05, 4.69) is 4.98 Å². The van der Waals surface area contributed by atoms with Crippen LogP contribution in [0.25, 0.3) is 0 Å². The molecule has 3 nitrogen and oxygen atoms in total. The minimum Gasteiger partial charge on any atom is -0.388 e. The number of rotatable bonds is 3. The van der Waals surface area contributed by atoms with Crippen LogP contribution in [0.2, 0.25) is 5.02 Å². The van der Waals surface area contributed by atoms with E-state index in [0.717, 1.165) is 5.56 Å². The first-order chi connectivity index (χ1) is 7.30. The van der Waals surface area contributed by atoms with Crippen molar-refractivity contribution in [1.82, 2.24) is 4.98 Å². The Morgan fingerprint density at radius 3 is 2.50 bits per heavy atom. The van der Waals surface area contributed by atoms with Crippen molar-refractivity contribution in [3.05, 3.63) is 29.0 Å². The topological polar surface area (TPSA) is 59.1 Å². The highest BCUT2D eigenvalue weighted by Gasteiger charge is 2.39. The molecule has 4 heteroatoms. The first-order valence-corrected chi connectivity index (χ1v) is 5.69. The molecule has 90 valence electrons. The summed E-state index contributed by atoms with van der Waals surface area (Å²) in [7, 11) is 0. The van der Waals surface area contributed by atoms with Crippen LogP contribution in [0, 0.1) is 5.41 Å². The summed E-state index contributed by atoms with van der Waals surface area (Å²) in [6, 6.07) is 1.81. The average Bonchev–Trinajstić information content (AvgIpc) is 2.19. The van der Waals surface area contributed by atoms with Gasteiger partial charge in [0, 0.05) is 25.4 Å². The SMILES string of the molecule is CC(C)(C)C(O)(CN)Cc1ccncc1Cl. The van der Waals surface area contributed by atoms with Crippen LogP contribution in [0.3, 0.4) is 0 Å². The van der Waals surface area contributed by atoms with E-state index in [1.54, 1.807) is 12.4 Å². The monoisotopic (exact) mass is 242 g/mol. The summed E-state index contributed by atoms with van der Waals surface area (Å²) in [5, 5.41) is 11.1. The maximum absolute atomic E-state index is 10.5. The molecule has 0 aliphatic carbocycles. The van der Waals surface area contributed by atoms with Gasteiger partial charge in [-0.15, -0.1) is 0 Å². The Morgan fingerprint density at radius 1 is 1.44 bits per heavy atom. The second kappa shape index (κ2) is 4.70. The fourth-order valence-corrected chi connectivity index (χ4v) is 1.69. The zero-order valence-electron chi connectivity index (χ0n) is 10.00. The molecule has 0 radical (unpaired) electrons. The Morgan fingerprint density at radius 2 is 2.06 bits per heavy atom. The van der Waals surface area contributed by atoms with Gasteiger partial charge in [-0.3, -0.25) is 4.98 Å². The number of hydrogen-bond donors (Lipinski definition) is 2. The van der Waals surface area contributed by atoms with Crippen LogP contribution in [-0.4, -0.2) is 22.2 Å². The predicted octanol–water partition coefficient (Wildman–Crippen LogP) is 2.01. The lowest BCUT2D eigenvalue weighted by Crippen LogP contribution is -2.50. The largest absolute Gasteiger partial charge is 0.388 e. The van der Waals surface area contributed by atoms with E-state index in [0.29, 0.717) is 11.4 Å². The number of nitrogens with two attached hydrogens (primary N) is 1. The number of nitrogens with zero attached hydrogens (tertiary/aromatic N) is 1. The molecule has 1 aromatic heterocycles. The van der Waals surface area contributed by atoms with Gasteiger partial charge in [0.2, 0.25) is 0 Å². The van der Waals surface area contributed by atoms with E-state index in [-0.39, 0.29) is 12.0 Å². The van der Waals surface area contributed by atoms with Gasteiger partial charge in [0.15, 0.2) is 0 Å². The lowest BCUT2D eigenvalue weighted by Gasteiger charge is -2.39. The molecule has 16 heavy (non-hydrogen) atoms. The molecule has 1 unspecified atom stereocenters. The summed E-state index contributed by atoms with van der Waals surface area (Å²) in [6.45, 7) is 6.11. The van der Waals surface area contributed by atoms with Crippen molar-refractivity contribution in [2.24, 2.45) is 11.1 Å². The molecule has 0 saturated carbocycles. The quantitative estimate of drug-likeness (QED) is 0.853. The van der Waals surface area contributed by atoms with Crippen molar-refractivity contribution in [2.45, 2.75) is 32.8 Å². The van der Waals surface area contributed by atoms with Gasteiger partial charge < -0.3 is 10.8 Å². The molecule has 0 fully saturated rings.